The molecular formula is C15H13ClN2S. The molecule has 2 nitrogen and oxygen atoms in total. The number of hydrogen-bond donors (Lipinski definition) is 1. The van der Waals surface area contributed by atoms with Gasteiger partial charge in [0, 0.05) is 18.0 Å². The number of thiazole rings is 1. The number of hydrogen-bond acceptors (Lipinski definition) is 3. The number of rotatable bonds is 3. The lowest BCUT2D eigenvalue weighted by Crippen LogP contribution is -2.01. The zero-order valence-corrected chi connectivity index (χ0v) is 11.8. The highest BCUT2D eigenvalue weighted by Crippen LogP contribution is 2.27. The first kappa shape index (κ1) is 12.6. The lowest BCUT2D eigenvalue weighted by atomic mass is 10.1. The van der Waals surface area contributed by atoms with Crippen molar-refractivity contribution in [3.8, 4) is 0 Å². The highest BCUT2D eigenvalue weighted by Gasteiger charge is 2.07. The third-order valence-electron chi connectivity index (χ3n) is 3.07. The molecule has 2 N–H and O–H groups in total. The summed E-state index contributed by atoms with van der Waals surface area (Å²) in [6, 6.07) is 14.1. The van der Waals surface area contributed by atoms with Crippen molar-refractivity contribution in [2.45, 2.75) is 13.0 Å². The molecular weight excluding hydrogens is 276 g/mol. The second-order valence-electron chi connectivity index (χ2n) is 4.37. The molecule has 0 spiro atoms. The summed E-state index contributed by atoms with van der Waals surface area (Å²) in [6.07, 6.45) is 0.824. The summed E-state index contributed by atoms with van der Waals surface area (Å²) in [5.41, 5.74) is 9.16. The van der Waals surface area contributed by atoms with Gasteiger partial charge in [-0.25, -0.2) is 4.98 Å². The van der Waals surface area contributed by atoms with Gasteiger partial charge in [0.05, 0.1) is 15.2 Å². The van der Waals surface area contributed by atoms with Crippen molar-refractivity contribution < 1.29 is 0 Å². The Kier molecular flexibility index (Phi) is 3.51. The van der Waals surface area contributed by atoms with Gasteiger partial charge >= 0.3 is 0 Å². The number of nitrogens with two attached hydrogens (primary N) is 1. The Morgan fingerprint density at radius 3 is 2.68 bits per heavy atom. The lowest BCUT2D eigenvalue weighted by Gasteiger charge is -2.04. The summed E-state index contributed by atoms with van der Waals surface area (Å²) < 4.78 is 1.17. The third kappa shape index (κ3) is 2.63. The van der Waals surface area contributed by atoms with Crippen LogP contribution in [-0.4, -0.2) is 4.98 Å². The molecule has 4 heteroatoms. The van der Waals surface area contributed by atoms with Crippen LogP contribution in [0.5, 0.6) is 0 Å². The molecule has 96 valence electrons. The second kappa shape index (κ2) is 5.29. The quantitative estimate of drug-likeness (QED) is 0.791. The Hall–Kier alpha value is -1.42. The van der Waals surface area contributed by atoms with E-state index in [2.05, 4.69) is 17.1 Å². The lowest BCUT2D eigenvalue weighted by molar-refractivity contribution is 1.01. The van der Waals surface area contributed by atoms with Gasteiger partial charge in [0.25, 0.3) is 0 Å². The molecule has 0 radical (unpaired) electrons. The predicted octanol–water partition coefficient (Wildman–Crippen LogP) is 4.00. The predicted molar refractivity (Wildman–Crippen MR) is 81.8 cm³/mol. The van der Waals surface area contributed by atoms with Gasteiger partial charge in [0.1, 0.15) is 0 Å². The van der Waals surface area contributed by atoms with Gasteiger partial charge < -0.3 is 5.73 Å². The molecule has 0 amide bonds. The van der Waals surface area contributed by atoms with E-state index in [0.717, 1.165) is 22.0 Å². The van der Waals surface area contributed by atoms with Crippen molar-refractivity contribution >= 4 is 33.2 Å². The number of halogens is 1. The van der Waals surface area contributed by atoms with Crippen LogP contribution in [0, 0.1) is 0 Å². The van der Waals surface area contributed by atoms with E-state index in [9.17, 15) is 0 Å². The van der Waals surface area contributed by atoms with Crippen molar-refractivity contribution in [3.05, 3.63) is 63.6 Å². The molecule has 0 fully saturated rings. The average Bonchev–Trinajstić information content (AvgIpc) is 2.80. The molecule has 3 aromatic rings. The maximum Gasteiger partial charge on any atom is 0.0982 e. The monoisotopic (exact) mass is 288 g/mol. The van der Waals surface area contributed by atoms with E-state index < -0.39 is 0 Å². The summed E-state index contributed by atoms with van der Waals surface area (Å²) in [5.74, 6) is 0. The molecule has 0 saturated carbocycles. The zero-order valence-electron chi connectivity index (χ0n) is 10.3. The van der Waals surface area contributed by atoms with Gasteiger partial charge in [-0.3, -0.25) is 0 Å². The summed E-state index contributed by atoms with van der Waals surface area (Å²) in [5, 5.41) is 1.82. The first-order valence-electron chi connectivity index (χ1n) is 6.08. The Morgan fingerprint density at radius 1 is 1.11 bits per heavy atom. The van der Waals surface area contributed by atoms with Crippen LogP contribution in [0.3, 0.4) is 0 Å². The normalized spacial score (nSPS) is 11.1. The maximum atomic E-state index is 5.98. The fourth-order valence-electron chi connectivity index (χ4n) is 2.12. The highest BCUT2D eigenvalue weighted by atomic mass is 35.5. The summed E-state index contributed by atoms with van der Waals surface area (Å²) in [6.45, 7) is 0.562. The van der Waals surface area contributed by atoms with E-state index in [1.165, 1.54) is 15.8 Å². The Morgan fingerprint density at radius 2 is 1.89 bits per heavy atom. The van der Waals surface area contributed by atoms with Crippen molar-refractivity contribution in [2.75, 3.05) is 0 Å². The smallest absolute Gasteiger partial charge is 0.0982 e. The SMILES string of the molecule is NCc1ccccc1Cc1nc2cc(Cl)ccc2s1. The number of benzene rings is 2. The van der Waals surface area contributed by atoms with Crippen molar-refractivity contribution in [1.29, 1.82) is 0 Å². The van der Waals surface area contributed by atoms with Crippen LogP contribution in [0.1, 0.15) is 16.1 Å². The van der Waals surface area contributed by atoms with E-state index in [1.807, 2.05) is 30.3 Å². The minimum absolute atomic E-state index is 0.562. The molecule has 0 aliphatic carbocycles. The van der Waals surface area contributed by atoms with Gasteiger partial charge in [-0.05, 0) is 29.3 Å². The summed E-state index contributed by atoms with van der Waals surface area (Å²) in [7, 11) is 0. The van der Waals surface area contributed by atoms with Crippen molar-refractivity contribution in [3.63, 3.8) is 0 Å². The fourth-order valence-corrected chi connectivity index (χ4v) is 3.25. The van der Waals surface area contributed by atoms with Gasteiger partial charge in [0.2, 0.25) is 0 Å². The summed E-state index contributed by atoms with van der Waals surface area (Å²) >= 11 is 7.69. The first-order valence-corrected chi connectivity index (χ1v) is 7.27. The molecule has 0 aliphatic rings. The van der Waals surface area contributed by atoms with E-state index >= 15 is 0 Å². The van der Waals surface area contributed by atoms with E-state index in [1.54, 1.807) is 11.3 Å². The van der Waals surface area contributed by atoms with Gasteiger partial charge in [-0.15, -0.1) is 11.3 Å². The molecule has 0 atom stereocenters. The third-order valence-corrected chi connectivity index (χ3v) is 4.35. The molecule has 3 rings (SSSR count). The topological polar surface area (TPSA) is 38.9 Å². The van der Waals surface area contributed by atoms with Crippen molar-refractivity contribution in [1.82, 2.24) is 4.98 Å². The second-order valence-corrected chi connectivity index (χ2v) is 5.92. The van der Waals surface area contributed by atoms with Gasteiger partial charge in [-0.2, -0.15) is 0 Å². The van der Waals surface area contributed by atoms with Crippen LogP contribution in [0.25, 0.3) is 10.2 Å². The maximum absolute atomic E-state index is 5.98. The van der Waals surface area contributed by atoms with Crippen LogP contribution in [0.2, 0.25) is 5.02 Å². The Labute approximate surface area is 120 Å². The molecule has 2 aromatic carbocycles. The minimum atomic E-state index is 0.562. The fraction of sp³-hybridized carbons (Fsp3) is 0.133. The van der Waals surface area contributed by atoms with Crippen LogP contribution >= 0.6 is 22.9 Å². The molecule has 0 bridgehead atoms. The average molecular weight is 289 g/mol. The van der Waals surface area contributed by atoms with Crippen molar-refractivity contribution in [2.24, 2.45) is 5.73 Å². The molecule has 19 heavy (non-hydrogen) atoms. The van der Waals surface area contributed by atoms with E-state index in [0.29, 0.717) is 6.54 Å². The van der Waals surface area contributed by atoms with Gasteiger partial charge in [0.15, 0.2) is 0 Å². The van der Waals surface area contributed by atoms with Gasteiger partial charge in [-0.1, -0.05) is 35.9 Å². The standard InChI is InChI=1S/C15H13ClN2S/c16-12-5-6-14-13(8-12)18-15(19-14)7-10-3-1-2-4-11(10)9-17/h1-6,8H,7,9,17H2. The minimum Gasteiger partial charge on any atom is -0.326 e. The number of fused-ring (bicyclic) bond motifs is 1. The van der Waals surface area contributed by atoms with Crippen LogP contribution in [-0.2, 0) is 13.0 Å². The van der Waals surface area contributed by atoms with Crippen LogP contribution < -0.4 is 5.73 Å². The largest absolute Gasteiger partial charge is 0.326 e. The highest BCUT2D eigenvalue weighted by molar-refractivity contribution is 7.18. The van der Waals surface area contributed by atoms with Crippen LogP contribution in [0.15, 0.2) is 42.5 Å². The summed E-state index contributed by atoms with van der Waals surface area (Å²) in [4.78, 5) is 4.64. The molecule has 0 aliphatic heterocycles. The molecule has 0 unspecified atom stereocenters. The molecule has 1 aromatic heterocycles. The van der Waals surface area contributed by atoms with E-state index in [-0.39, 0.29) is 0 Å². The number of aromatic nitrogens is 1. The number of nitrogens with zero attached hydrogens (tertiary/aromatic N) is 1. The molecule has 0 saturated heterocycles. The first-order chi connectivity index (χ1) is 9.26. The van der Waals surface area contributed by atoms with E-state index in [4.69, 9.17) is 17.3 Å². The zero-order chi connectivity index (χ0) is 13.2. The van der Waals surface area contributed by atoms with Crippen LogP contribution in [0.4, 0.5) is 0 Å². The molecule has 1 heterocycles. The Balaban J connectivity index is 1.96. The Bertz CT molecular complexity index is 721.